The molecule has 124 valence electrons. The zero-order valence-electron chi connectivity index (χ0n) is 12.4. The Bertz CT molecular complexity index is 1090. The summed E-state index contributed by atoms with van der Waals surface area (Å²) in [6.45, 7) is 0. The molecule has 2 aromatic carbocycles. The maximum atomic E-state index is 12.3. The molecular weight excluding hydrogens is 383 g/mol. The molecule has 0 radical (unpaired) electrons. The van der Waals surface area contributed by atoms with E-state index in [0.29, 0.717) is 21.2 Å². The summed E-state index contributed by atoms with van der Waals surface area (Å²) in [7, 11) is 0. The second-order valence-corrected chi connectivity index (χ2v) is 6.76. The molecule has 0 fully saturated rings. The molecule has 2 aromatic heterocycles. The summed E-state index contributed by atoms with van der Waals surface area (Å²) in [5, 5.41) is 11.2. The van der Waals surface area contributed by atoms with Crippen molar-refractivity contribution in [3.05, 3.63) is 57.5 Å². The van der Waals surface area contributed by atoms with Gasteiger partial charge in [-0.25, -0.2) is 4.98 Å². The van der Waals surface area contributed by atoms with Crippen molar-refractivity contribution in [3.63, 3.8) is 0 Å². The molecule has 6 nitrogen and oxygen atoms in total. The third-order valence-electron chi connectivity index (χ3n) is 3.40. The van der Waals surface area contributed by atoms with Crippen LogP contribution in [-0.4, -0.2) is 21.1 Å². The number of thiazole rings is 1. The highest BCUT2D eigenvalue weighted by molar-refractivity contribution is 7.16. The third-order valence-corrected chi connectivity index (χ3v) is 4.74. The lowest BCUT2D eigenvalue weighted by atomic mass is 10.2. The molecule has 4 rings (SSSR count). The largest absolute Gasteiger partial charge is 0.403 e. The minimum Gasteiger partial charge on any atom is -0.403 e. The quantitative estimate of drug-likeness (QED) is 0.537. The van der Waals surface area contributed by atoms with Gasteiger partial charge in [0.15, 0.2) is 0 Å². The van der Waals surface area contributed by atoms with E-state index in [4.69, 9.17) is 27.6 Å². The number of benzene rings is 2. The van der Waals surface area contributed by atoms with Gasteiger partial charge in [-0.05, 0) is 36.4 Å². The number of aromatic nitrogens is 3. The summed E-state index contributed by atoms with van der Waals surface area (Å²) in [4.78, 5) is 16.5. The van der Waals surface area contributed by atoms with Crippen molar-refractivity contribution in [2.45, 2.75) is 0 Å². The lowest BCUT2D eigenvalue weighted by molar-refractivity contribution is 0.102. The van der Waals surface area contributed by atoms with Crippen LogP contribution in [0.3, 0.4) is 0 Å². The average molecular weight is 391 g/mol. The molecular formula is C16H8Cl2N4O2S. The highest BCUT2D eigenvalue weighted by atomic mass is 35.5. The van der Waals surface area contributed by atoms with Crippen LogP contribution in [0.2, 0.25) is 10.0 Å². The summed E-state index contributed by atoms with van der Waals surface area (Å²) in [5.74, 6) is -0.164. The summed E-state index contributed by atoms with van der Waals surface area (Å²) < 4.78 is 6.39. The molecule has 4 aromatic rings. The van der Waals surface area contributed by atoms with E-state index >= 15 is 0 Å². The maximum absolute atomic E-state index is 12.3. The lowest BCUT2D eigenvalue weighted by Crippen LogP contribution is -2.11. The zero-order valence-corrected chi connectivity index (χ0v) is 14.7. The topological polar surface area (TPSA) is 80.9 Å². The van der Waals surface area contributed by atoms with Crippen molar-refractivity contribution in [1.82, 2.24) is 15.2 Å². The van der Waals surface area contributed by atoms with Gasteiger partial charge in [0.1, 0.15) is 0 Å². The first-order chi connectivity index (χ1) is 12.1. The number of anilines is 1. The van der Waals surface area contributed by atoms with Crippen molar-refractivity contribution >= 4 is 56.7 Å². The maximum Gasteiger partial charge on any atom is 0.322 e. The Kier molecular flexibility index (Phi) is 4.12. The predicted octanol–water partition coefficient (Wildman–Crippen LogP) is 4.91. The van der Waals surface area contributed by atoms with Crippen LogP contribution < -0.4 is 5.32 Å². The molecule has 0 saturated heterocycles. The number of carbonyl (C=O) groups is 1. The smallest absolute Gasteiger partial charge is 0.322 e. The third kappa shape index (κ3) is 3.21. The summed E-state index contributed by atoms with van der Waals surface area (Å²) >= 11 is 13.4. The fraction of sp³-hybridized carbons (Fsp3) is 0. The van der Waals surface area contributed by atoms with E-state index in [-0.39, 0.29) is 17.8 Å². The number of nitrogens with one attached hydrogen (secondary N) is 1. The second kappa shape index (κ2) is 6.44. The van der Waals surface area contributed by atoms with E-state index in [1.54, 1.807) is 41.9 Å². The van der Waals surface area contributed by atoms with Crippen molar-refractivity contribution < 1.29 is 9.21 Å². The predicted molar refractivity (Wildman–Crippen MR) is 97.3 cm³/mol. The number of hydrogen-bond donors (Lipinski definition) is 1. The summed E-state index contributed by atoms with van der Waals surface area (Å²) in [6.07, 6.45) is 0. The number of nitrogens with zero attached hydrogens (tertiary/aromatic N) is 3. The monoisotopic (exact) mass is 390 g/mol. The SMILES string of the molecule is O=C(Nc1nnc(-c2ccc(Cl)cc2Cl)o1)c1ccc2ncsc2c1. The molecule has 9 heteroatoms. The van der Waals surface area contributed by atoms with Crippen LogP contribution in [0.1, 0.15) is 10.4 Å². The molecule has 0 atom stereocenters. The van der Waals surface area contributed by atoms with Crippen LogP contribution in [0.5, 0.6) is 0 Å². The Hall–Kier alpha value is -2.48. The second-order valence-electron chi connectivity index (χ2n) is 5.03. The van der Waals surface area contributed by atoms with Gasteiger partial charge in [-0.3, -0.25) is 10.1 Å². The van der Waals surface area contributed by atoms with Gasteiger partial charge < -0.3 is 4.42 Å². The Morgan fingerprint density at radius 1 is 1.12 bits per heavy atom. The van der Waals surface area contributed by atoms with E-state index < -0.39 is 0 Å². The van der Waals surface area contributed by atoms with Crippen LogP contribution in [-0.2, 0) is 0 Å². The molecule has 0 aliphatic rings. The molecule has 25 heavy (non-hydrogen) atoms. The van der Waals surface area contributed by atoms with Gasteiger partial charge in [-0.2, -0.15) is 0 Å². The molecule has 0 unspecified atom stereocenters. The number of hydrogen-bond acceptors (Lipinski definition) is 6. The molecule has 0 aliphatic heterocycles. The van der Waals surface area contributed by atoms with Crippen LogP contribution in [0.15, 0.2) is 46.3 Å². The van der Waals surface area contributed by atoms with Crippen molar-refractivity contribution in [1.29, 1.82) is 0 Å². The minimum atomic E-state index is -0.354. The number of rotatable bonds is 3. The average Bonchev–Trinajstić information content (AvgIpc) is 3.23. The number of carbonyl (C=O) groups excluding carboxylic acids is 1. The van der Waals surface area contributed by atoms with Crippen LogP contribution in [0.25, 0.3) is 21.7 Å². The van der Waals surface area contributed by atoms with Crippen LogP contribution in [0.4, 0.5) is 6.01 Å². The van der Waals surface area contributed by atoms with Gasteiger partial charge in [0.2, 0.25) is 0 Å². The fourth-order valence-corrected chi connectivity index (χ4v) is 3.42. The van der Waals surface area contributed by atoms with Crippen molar-refractivity contribution in [2.75, 3.05) is 5.32 Å². The Balaban J connectivity index is 1.56. The van der Waals surface area contributed by atoms with Gasteiger partial charge >= 0.3 is 6.01 Å². The molecule has 1 N–H and O–H groups in total. The van der Waals surface area contributed by atoms with Crippen molar-refractivity contribution in [3.8, 4) is 11.5 Å². The molecule has 0 bridgehead atoms. The first-order valence-electron chi connectivity index (χ1n) is 7.04. The van der Waals surface area contributed by atoms with E-state index in [9.17, 15) is 4.79 Å². The molecule has 0 saturated carbocycles. The van der Waals surface area contributed by atoms with E-state index in [1.807, 2.05) is 0 Å². The van der Waals surface area contributed by atoms with E-state index in [1.165, 1.54) is 11.3 Å². The Morgan fingerprint density at radius 3 is 2.84 bits per heavy atom. The number of halogens is 2. The summed E-state index contributed by atoms with van der Waals surface area (Å²) in [6, 6.07) is 10.1. The standard InChI is InChI=1S/C16H8Cl2N4O2S/c17-9-2-3-10(11(18)6-9)15-21-22-16(24-15)20-14(23)8-1-4-12-13(5-8)25-7-19-12/h1-7H,(H,20,22,23). The highest BCUT2D eigenvalue weighted by Gasteiger charge is 2.15. The van der Waals surface area contributed by atoms with Crippen LogP contribution in [0, 0.1) is 0 Å². The summed E-state index contributed by atoms with van der Waals surface area (Å²) in [5.41, 5.74) is 3.58. The molecule has 0 spiro atoms. The molecule has 0 aliphatic carbocycles. The first-order valence-corrected chi connectivity index (χ1v) is 8.67. The first kappa shape index (κ1) is 16.0. The van der Waals surface area contributed by atoms with Gasteiger partial charge in [0.25, 0.3) is 11.8 Å². The highest BCUT2D eigenvalue weighted by Crippen LogP contribution is 2.30. The molecule has 2 heterocycles. The zero-order chi connectivity index (χ0) is 17.4. The number of amides is 1. The van der Waals surface area contributed by atoms with E-state index in [0.717, 1.165) is 10.2 Å². The lowest BCUT2D eigenvalue weighted by Gasteiger charge is -2.01. The fourth-order valence-electron chi connectivity index (χ4n) is 2.21. The van der Waals surface area contributed by atoms with Gasteiger partial charge in [0, 0.05) is 10.6 Å². The van der Waals surface area contributed by atoms with Crippen molar-refractivity contribution in [2.24, 2.45) is 0 Å². The normalized spacial score (nSPS) is 11.0. The van der Waals surface area contributed by atoms with Gasteiger partial charge in [-0.1, -0.05) is 28.3 Å². The molecule has 1 amide bonds. The van der Waals surface area contributed by atoms with E-state index in [2.05, 4.69) is 20.5 Å². The Morgan fingerprint density at radius 2 is 2.00 bits per heavy atom. The van der Waals surface area contributed by atoms with Gasteiger partial charge in [0.05, 0.1) is 26.3 Å². The van der Waals surface area contributed by atoms with Crippen LogP contribution >= 0.6 is 34.5 Å². The van der Waals surface area contributed by atoms with Gasteiger partial charge in [-0.15, -0.1) is 16.4 Å². The minimum absolute atomic E-state index is 0.0181. The number of fused-ring (bicyclic) bond motifs is 1. The Labute approximate surface area is 155 Å².